The summed E-state index contributed by atoms with van der Waals surface area (Å²) in [6.45, 7) is 4.25. The van der Waals surface area contributed by atoms with Crippen LogP contribution >= 0.6 is 0 Å². The van der Waals surface area contributed by atoms with Crippen molar-refractivity contribution in [2.24, 2.45) is 0 Å². The van der Waals surface area contributed by atoms with Gasteiger partial charge in [-0.25, -0.2) is 4.79 Å². The van der Waals surface area contributed by atoms with Crippen molar-refractivity contribution in [2.45, 2.75) is 50.7 Å². The Kier molecular flexibility index (Phi) is 3.07. The summed E-state index contributed by atoms with van der Waals surface area (Å²) in [5.74, 6) is 0.207. The molecule has 2 fully saturated rings. The van der Waals surface area contributed by atoms with Crippen LogP contribution in [0.3, 0.4) is 0 Å². The van der Waals surface area contributed by atoms with Crippen molar-refractivity contribution in [3.8, 4) is 0 Å². The third kappa shape index (κ3) is 1.77. The van der Waals surface area contributed by atoms with Crippen LogP contribution < -0.4 is 11.4 Å². The monoisotopic (exact) mass is 281 g/mol. The number of nitrogens with two attached hydrogens (primary N) is 1. The standard InChI is InChI=1S/C13H19N3O4/c1-3-13-4-5-19-8(9(13)17)11(20-13)16-6-7(2)10(14)15-12(16)18/h6,8-9,11,17H,3-5H2,1-2H3,(H2,14,15,18)/t8-,9+,11-,13+/m0/s1. The van der Waals surface area contributed by atoms with Crippen molar-refractivity contribution < 1.29 is 14.6 Å². The molecule has 0 aromatic carbocycles. The number of aryl methyl sites for hydroxylation is 1. The average Bonchev–Trinajstić information content (AvgIpc) is 2.60. The van der Waals surface area contributed by atoms with Gasteiger partial charge in [-0.15, -0.1) is 0 Å². The summed E-state index contributed by atoms with van der Waals surface area (Å²) in [5, 5.41) is 10.4. The Labute approximate surface area is 116 Å². The number of hydrogen-bond acceptors (Lipinski definition) is 6. The fourth-order valence-electron chi connectivity index (χ4n) is 3.03. The summed E-state index contributed by atoms with van der Waals surface area (Å²) in [6.07, 6.45) is 0.943. The van der Waals surface area contributed by atoms with E-state index >= 15 is 0 Å². The first-order valence-corrected chi connectivity index (χ1v) is 6.81. The highest BCUT2D eigenvalue weighted by molar-refractivity contribution is 5.35. The SMILES string of the molecule is CC[C@@]12CCO[C@@H]([C@H]1O)[C@@H](n1cc(C)c(N)nc1=O)O2. The van der Waals surface area contributed by atoms with E-state index < -0.39 is 29.7 Å². The van der Waals surface area contributed by atoms with Crippen molar-refractivity contribution in [2.75, 3.05) is 12.3 Å². The van der Waals surface area contributed by atoms with Crippen LogP contribution in [0.1, 0.15) is 31.6 Å². The Bertz CT molecular complexity index is 587. The van der Waals surface area contributed by atoms with Gasteiger partial charge in [-0.3, -0.25) is 4.57 Å². The van der Waals surface area contributed by atoms with E-state index in [9.17, 15) is 9.90 Å². The van der Waals surface area contributed by atoms with Crippen LogP contribution in [0.5, 0.6) is 0 Å². The molecule has 3 rings (SSSR count). The minimum Gasteiger partial charge on any atom is -0.387 e. The van der Waals surface area contributed by atoms with Gasteiger partial charge in [-0.05, 0) is 13.3 Å². The maximum atomic E-state index is 12.0. The molecule has 0 radical (unpaired) electrons. The highest BCUT2D eigenvalue weighted by Crippen LogP contribution is 2.45. The number of rotatable bonds is 2. The van der Waals surface area contributed by atoms with Crippen LogP contribution in [0.4, 0.5) is 5.82 Å². The van der Waals surface area contributed by atoms with E-state index in [1.807, 2.05) is 6.92 Å². The van der Waals surface area contributed by atoms with Crippen molar-refractivity contribution in [3.63, 3.8) is 0 Å². The summed E-state index contributed by atoms with van der Waals surface area (Å²) in [6, 6.07) is 0. The lowest BCUT2D eigenvalue weighted by Crippen LogP contribution is -2.48. The molecule has 2 bridgehead atoms. The van der Waals surface area contributed by atoms with Crippen molar-refractivity contribution >= 4 is 5.82 Å². The first kappa shape index (κ1) is 13.5. The van der Waals surface area contributed by atoms with Gasteiger partial charge in [-0.1, -0.05) is 6.92 Å². The molecular weight excluding hydrogens is 262 g/mol. The maximum absolute atomic E-state index is 12.0. The summed E-state index contributed by atoms with van der Waals surface area (Å²) in [4.78, 5) is 15.8. The summed E-state index contributed by atoms with van der Waals surface area (Å²) < 4.78 is 13.0. The van der Waals surface area contributed by atoms with Gasteiger partial charge in [0.15, 0.2) is 6.23 Å². The first-order chi connectivity index (χ1) is 9.48. The second-order valence-electron chi connectivity index (χ2n) is 5.46. The average molecular weight is 281 g/mol. The predicted molar refractivity (Wildman–Crippen MR) is 71.2 cm³/mol. The van der Waals surface area contributed by atoms with Gasteiger partial charge in [0.2, 0.25) is 0 Å². The lowest BCUT2D eigenvalue weighted by molar-refractivity contribution is -0.123. The van der Waals surface area contributed by atoms with Gasteiger partial charge in [-0.2, -0.15) is 4.98 Å². The predicted octanol–water partition coefficient (Wildman–Crippen LogP) is -0.0387. The maximum Gasteiger partial charge on any atom is 0.351 e. The number of ether oxygens (including phenoxy) is 2. The van der Waals surface area contributed by atoms with Gasteiger partial charge in [0.05, 0.1) is 6.61 Å². The number of aliphatic hydroxyl groups excluding tert-OH is 1. The molecule has 7 heteroatoms. The molecule has 3 heterocycles. The molecule has 0 saturated carbocycles. The Morgan fingerprint density at radius 2 is 2.40 bits per heavy atom. The molecule has 1 aromatic heterocycles. The molecule has 0 spiro atoms. The quantitative estimate of drug-likeness (QED) is 0.789. The fourth-order valence-corrected chi connectivity index (χ4v) is 3.03. The topological polar surface area (TPSA) is 99.6 Å². The third-order valence-electron chi connectivity index (χ3n) is 4.37. The number of fused-ring (bicyclic) bond motifs is 2. The van der Waals surface area contributed by atoms with E-state index in [1.54, 1.807) is 13.1 Å². The van der Waals surface area contributed by atoms with E-state index in [-0.39, 0.29) is 5.82 Å². The Morgan fingerprint density at radius 1 is 1.65 bits per heavy atom. The van der Waals surface area contributed by atoms with E-state index in [4.69, 9.17) is 15.2 Å². The number of aliphatic hydroxyl groups is 1. The Balaban J connectivity index is 2.04. The van der Waals surface area contributed by atoms with Gasteiger partial charge >= 0.3 is 5.69 Å². The zero-order valence-electron chi connectivity index (χ0n) is 11.6. The second-order valence-corrected chi connectivity index (χ2v) is 5.46. The molecule has 0 amide bonds. The van der Waals surface area contributed by atoms with E-state index in [0.717, 1.165) is 0 Å². The molecule has 2 aliphatic rings. The number of anilines is 1. The number of aromatic nitrogens is 2. The third-order valence-corrected chi connectivity index (χ3v) is 4.37. The normalized spacial score (nSPS) is 36.2. The number of hydrogen-bond donors (Lipinski definition) is 2. The molecule has 2 saturated heterocycles. The number of nitrogens with zero attached hydrogens (tertiary/aromatic N) is 2. The van der Waals surface area contributed by atoms with Crippen LogP contribution in [0.2, 0.25) is 0 Å². The van der Waals surface area contributed by atoms with E-state index in [2.05, 4.69) is 4.98 Å². The van der Waals surface area contributed by atoms with Crippen molar-refractivity contribution in [3.05, 3.63) is 22.2 Å². The molecule has 1 aromatic rings. The Hall–Kier alpha value is -1.44. The van der Waals surface area contributed by atoms with Crippen molar-refractivity contribution in [1.82, 2.24) is 9.55 Å². The molecule has 20 heavy (non-hydrogen) atoms. The summed E-state index contributed by atoms with van der Waals surface area (Å²) >= 11 is 0. The summed E-state index contributed by atoms with van der Waals surface area (Å²) in [5.41, 5.74) is 5.19. The van der Waals surface area contributed by atoms with Crippen LogP contribution in [0, 0.1) is 6.92 Å². The van der Waals surface area contributed by atoms with E-state index in [1.165, 1.54) is 4.57 Å². The zero-order valence-corrected chi connectivity index (χ0v) is 11.6. The van der Waals surface area contributed by atoms with Crippen LogP contribution in [-0.2, 0) is 9.47 Å². The number of nitrogen functional groups attached to an aromatic ring is 1. The molecule has 0 aliphatic carbocycles. The molecule has 4 atom stereocenters. The molecule has 0 unspecified atom stereocenters. The molecule has 7 nitrogen and oxygen atoms in total. The largest absolute Gasteiger partial charge is 0.387 e. The molecule has 110 valence electrons. The zero-order chi connectivity index (χ0) is 14.5. The van der Waals surface area contributed by atoms with Crippen LogP contribution in [0.15, 0.2) is 11.0 Å². The van der Waals surface area contributed by atoms with Gasteiger partial charge < -0.3 is 20.3 Å². The van der Waals surface area contributed by atoms with Crippen molar-refractivity contribution in [1.29, 1.82) is 0 Å². The highest BCUT2D eigenvalue weighted by atomic mass is 16.6. The highest BCUT2D eigenvalue weighted by Gasteiger charge is 2.57. The molecule has 2 aliphatic heterocycles. The minimum absolute atomic E-state index is 0.207. The fraction of sp³-hybridized carbons (Fsp3) is 0.692. The van der Waals surface area contributed by atoms with Gasteiger partial charge in [0, 0.05) is 18.2 Å². The van der Waals surface area contributed by atoms with Gasteiger partial charge in [0.25, 0.3) is 0 Å². The van der Waals surface area contributed by atoms with E-state index in [0.29, 0.717) is 25.0 Å². The van der Waals surface area contributed by atoms with Gasteiger partial charge in [0.1, 0.15) is 23.6 Å². The van der Waals surface area contributed by atoms with Crippen LogP contribution in [-0.4, -0.2) is 39.1 Å². The lowest BCUT2D eigenvalue weighted by Gasteiger charge is -2.34. The summed E-state index contributed by atoms with van der Waals surface area (Å²) in [7, 11) is 0. The second kappa shape index (κ2) is 4.54. The molecular formula is C13H19N3O4. The minimum atomic E-state index is -0.740. The molecule has 3 N–H and O–H groups in total. The smallest absolute Gasteiger partial charge is 0.351 e. The Morgan fingerprint density at radius 3 is 3.05 bits per heavy atom. The van der Waals surface area contributed by atoms with Crippen LogP contribution in [0.25, 0.3) is 0 Å². The first-order valence-electron chi connectivity index (χ1n) is 6.81. The lowest BCUT2D eigenvalue weighted by atomic mass is 9.87.